The van der Waals surface area contributed by atoms with Gasteiger partial charge >= 0.3 is 0 Å². The van der Waals surface area contributed by atoms with E-state index >= 15 is 0 Å². The molecule has 0 saturated carbocycles. The highest BCUT2D eigenvalue weighted by molar-refractivity contribution is 6.22. The number of carbonyl (C=O) groups excluding carboxylic acids is 2. The van der Waals surface area contributed by atoms with Crippen molar-refractivity contribution < 1.29 is 23.9 Å². The van der Waals surface area contributed by atoms with Gasteiger partial charge in [-0.1, -0.05) is 22.4 Å². The van der Waals surface area contributed by atoms with Crippen molar-refractivity contribution in [3.63, 3.8) is 0 Å². The average molecular weight is 330 g/mol. The molecule has 126 valence electrons. The second-order valence-corrected chi connectivity index (χ2v) is 5.97. The number of anilines is 1. The van der Waals surface area contributed by atoms with Crippen molar-refractivity contribution in [3.05, 3.63) is 35.5 Å². The maximum Gasteiger partial charge on any atom is 0.251 e. The van der Waals surface area contributed by atoms with Crippen LogP contribution in [-0.4, -0.2) is 35.1 Å². The van der Waals surface area contributed by atoms with Crippen LogP contribution >= 0.6 is 0 Å². The minimum absolute atomic E-state index is 0.0758. The van der Waals surface area contributed by atoms with Crippen molar-refractivity contribution in [3.8, 4) is 5.95 Å². The Kier molecular flexibility index (Phi) is 4.06. The van der Waals surface area contributed by atoms with E-state index in [1.165, 1.54) is 9.58 Å². The summed E-state index contributed by atoms with van der Waals surface area (Å²) in [5, 5.41) is 15.2. The summed E-state index contributed by atoms with van der Waals surface area (Å²) in [5.74, 6) is -1.09. The maximum atomic E-state index is 12.7. The average Bonchev–Trinajstić information content (AvgIpc) is 3.02. The lowest BCUT2D eigenvalue weighted by atomic mass is 10.2. The maximum absolute atomic E-state index is 12.7. The minimum Gasteiger partial charge on any atom is -0.539 e. The molecule has 1 aliphatic rings. The van der Waals surface area contributed by atoms with E-state index < -0.39 is 12.0 Å². The van der Waals surface area contributed by atoms with Crippen LogP contribution in [0.15, 0.2) is 28.8 Å². The van der Waals surface area contributed by atoms with Crippen LogP contribution in [0.3, 0.4) is 0 Å². The topological polar surface area (TPSA) is 93.6 Å². The number of benzene rings is 1. The molecule has 0 N–H and O–H groups in total. The molecule has 0 bridgehead atoms. The highest BCUT2D eigenvalue weighted by Gasteiger charge is 2.42. The van der Waals surface area contributed by atoms with Crippen LogP contribution in [0, 0.1) is 6.92 Å². The number of likely N-dealkylation sites (N-methyl/N-ethyl adjacent to an activating group) is 1. The van der Waals surface area contributed by atoms with Crippen LogP contribution in [0.1, 0.15) is 17.7 Å². The first kappa shape index (κ1) is 16.1. The van der Waals surface area contributed by atoms with Gasteiger partial charge in [-0.15, -0.1) is 0 Å². The Morgan fingerprint density at radius 2 is 2.04 bits per heavy atom. The minimum atomic E-state index is -0.617. The molecule has 24 heavy (non-hydrogen) atoms. The number of rotatable bonds is 4. The normalized spacial score (nSPS) is 18.0. The van der Waals surface area contributed by atoms with E-state index in [0.717, 1.165) is 5.56 Å². The van der Waals surface area contributed by atoms with Crippen LogP contribution in [0.25, 0.3) is 0 Å². The number of aromatic nitrogens is 2. The Balaban J connectivity index is 1.79. The lowest BCUT2D eigenvalue weighted by Crippen LogP contribution is -2.43. The summed E-state index contributed by atoms with van der Waals surface area (Å²) in [7, 11) is 3.29. The van der Waals surface area contributed by atoms with Gasteiger partial charge in [-0.3, -0.25) is 14.5 Å². The molecular formula is C16H18N4O4. The zero-order valence-electron chi connectivity index (χ0n) is 13.7. The van der Waals surface area contributed by atoms with Crippen molar-refractivity contribution in [1.82, 2.24) is 10.2 Å². The second kappa shape index (κ2) is 6.04. The van der Waals surface area contributed by atoms with Gasteiger partial charge in [0.05, 0.1) is 30.0 Å². The van der Waals surface area contributed by atoms with Gasteiger partial charge in [-0.25, -0.2) is 4.90 Å². The zero-order valence-corrected chi connectivity index (χ0v) is 13.7. The van der Waals surface area contributed by atoms with E-state index in [2.05, 4.69) is 9.79 Å². The van der Waals surface area contributed by atoms with Gasteiger partial charge < -0.3 is 9.63 Å². The molecule has 0 aliphatic carbocycles. The van der Waals surface area contributed by atoms with E-state index in [4.69, 9.17) is 0 Å². The molecule has 1 saturated heterocycles. The van der Waals surface area contributed by atoms with Gasteiger partial charge in [0.2, 0.25) is 11.6 Å². The first-order valence-electron chi connectivity index (χ1n) is 7.54. The number of imide groups is 1. The van der Waals surface area contributed by atoms with Crippen molar-refractivity contribution in [2.24, 2.45) is 7.05 Å². The zero-order chi connectivity index (χ0) is 17.4. The standard InChI is InChI=1S/C16H18N4O4/c1-10-4-6-11(7-5-10)20-14(21)8-12(15(20)22)18(2)9-13-16(23)24-17-19(13)3/h4-7,12H,8-9H2,1-3H3. The fourth-order valence-electron chi connectivity index (χ4n) is 2.77. The molecule has 2 aromatic rings. The number of amides is 2. The van der Waals surface area contributed by atoms with Gasteiger partial charge in [-0.2, -0.15) is 0 Å². The van der Waals surface area contributed by atoms with Gasteiger partial charge in [-0.05, 0) is 26.1 Å². The number of carbonyl (C=O) groups is 2. The molecule has 0 spiro atoms. The highest BCUT2D eigenvalue weighted by Crippen LogP contribution is 2.26. The summed E-state index contributed by atoms with van der Waals surface area (Å²) in [6, 6.07) is 6.60. The van der Waals surface area contributed by atoms with Crippen LogP contribution in [0.5, 0.6) is 5.95 Å². The fraction of sp³-hybridized carbons (Fsp3) is 0.375. The first-order chi connectivity index (χ1) is 11.4. The molecule has 1 aliphatic heterocycles. The highest BCUT2D eigenvalue weighted by atomic mass is 16.6. The Morgan fingerprint density at radius 1 is 1.38 bits per heavy atom. The molecule has 8 heteroatoms. The summed E-state index contributed by atoms with van der Waals surface area (Å²) in [6.07, 6.45) is 0.0758. The molecule has 1 atom stereocenters. The summed E-state index contributed by atoms with van der Waals surface area (Å²) >= 11 is 0. The third-order valence-corrected chi connectivity index (χ3v) is 4.22. The number of aryl methyl sites for hydroxylation is 2. The van der Waals surface area contributed by atoms with Crippen LogP contribution < -0.4 is 14.7 Å². The Bertz CT molecular complexity index is 764. The molecule has 1 unspecified atom stereocenters. The number of nitrogens with zero attached hydrogens (tertiary/aromatic N) is 4. The van der Waals surface area contributed by atoms with Crippen molar-refractivity contribution in [2.75, 3.05) is 11.9 Å². The van der Waals surface area contributed by atoms with E-state index in [1.807, 2.05) is 19.1 Å². The SMILES string of the molecule is Cc1ccc(N2C(=O)CC(N(C)Cc3c([O-])on[n+]3C)C2=O)cc1. The predicted octanol–water partition coefficient (Wildman–Crippen LogP) is -0.355. The van der Waals surface area contributed by atoms with E-state index in [-0.39, 0.29) is 24.8 Å². The van der Waals surface area contributed by atoms with E-state index in [9.17, 15) is 14.7 Å². The summed E-state index contributed by atoms with van der Waals surface area (Å²) < 4.78 is 5.91. The molecule has 1 aromatic carbocycles. The van der Waals surface area contributed by atoms with Gasteiger partial charge in [0, 0.05) is 0 Å². The Labute approximate surface area is 138 Å². The smallest absolute Gasteiger partial charge is 0.251 e. The molecule has 1 aromatic heterocycles. The van der Waals surface area contributed by atoms with E-state index in [0.29, 0.717) is 11.4 Å². The molecule has 2 amide bonds. The molecule has 0 radical (unpaired) electrons. The van der Waals surface area contributed by atoms with Crippen LogP contribution in [0.2, 0.25) is 0 Å². The van der Waals surface area contributed by atoms with Crippen molar-refractivity contribution in [2.45, 2.75) is 25.9 Å². The summed E-state index contributed by atoms with van der Waals surface area (Å²) in [6.45, 7) is 2.11. The Morgan fingerprint density at radius 3 is 2.62 bits per heavy atom. The quantitative estimate of drug-likeness (QED) is 0.562. The largest absolute Gasteiger partial charge is 0.539 e. The first-order valence-corrected chi connectivity index (χ1v) is 7.54. The molecule has 3 rings (SSSR count). The van der Waals surface area contributed by atoms with Gasteiger partial charge in [0.25, 0.3) is 5.91 Å². The third-order valence-electron chi connectivity index (χ3n) is 4.22. The summed E-state index contributed by atoms with van der Waals surface area (Å²) in [5.41, 5.74) is 1.94. The van der Waals surface area contributed by atoms with Crippen molar-refractivity contribution in [1.29, 1.82) is 0 Å². The number of hydrogen-bond acceptors (Lipinski definition) is 6. The lowest BCUT2D eigenvalue weighted by molar-refractivity contribution is -0.747. The van der Waals surface area contributed by atoms with Gasteiger partial charge in [0.15, 0.2) is 13.0 Å². The Hall–Kier alpha value is -2.74. The molecular weight excluding hydrogens is 312 g/mol. The lowest BCUT2D eigenvalue weighted by Gasteiger charge is -2.21. The van der Waals surface area contributed by atoms with E-state index in [1.54, 1.807) is 31.1 Å². The van der Waals surface area contributed by atoms with Crippen LogP contribution in [-0.2, 0) is 23.2 Å². The van der Waals surface area contributed by atoms with Gasteiger partial charge in [0.1, 0.15) is 0 Å². The third kappa shape index (κ3) is 2.76. The molecule has 2 heterocycles. The van der Waals surface area contributed by atoms with Crippen LogP contribution in [0.4, 0.5) is 5.69 Å². The second-order valence-electron chi connectivity index (χ2n) is 5.97. The monoisotopic (exact) mass is 330 g/mol. The summed E-state index contributed by atoms with van der Waals surface area (Å²) in [4.78, 5) is 27.9. The molecule has 8 nitrogen and oxygen atoms in total. The van der Waals surface area contributed by atoms with Crippen molar-refractivity contribution >= 4 is 17.5 Å². The molecule has 1 fully saturated rings. The number of hydrogen-bond donors (Lipinski definition) is 0. The predicted molar refractivity (Wildman–Crippen MR) is 80.7 cm³/mol. The fourth-order valence-corrected chi connectivity index (χ4v) is 2.77.